The van der Waals surface area contributed by atoms with E-state index >= 15 is 0 Å². The molecule has 2 aromatic rings. The lowest BCUT2D eigenvalue weighted by Crippen LogP contribution is -2.47. The molecule has 3 unspecified atom stereocenters. The van der Waals surface area contributed by atoms with E-state index in [9.17, 15) is 0 Å². The summed E-state index contributed by atoms with van der Waals surface area (Å²) >= 11 is 0. The van der Waals surface area contributed by atoms with Gasteiger partial charge in [0.2, 0.25) is 5.88 Å². The molecule has 3 heterocycles. The second-order valence-corrected chi connectivity index (χ2v) is 7.27. The first-order valence-corrected chi connectivity index (χ1v) is 10.2. The van der Waals surface area contributed by atoms with E-state index in [-0.39, 0.29) is 24.0 Å². The van der Waals surface area contributed by atoms with Crippen LogP contribution in [0.4, 0.5) is 0 Å². The maximum Gasteiger partial charge on any atom is 0.219 e. The molecule has 0 saturated carbocycles. The van der Waals surface area contributed by atoms with Gasteiger partial charge in [-0.3, -0.25) is 4.99 Å². The highest BCUT2D eigenvalue weighted by atomic mass is 127. The number of aliphatic imine (C=N–C) groups is 1. The molecule has 2 fully saturated rings. The van der Waals surface area contributed by atoms with Gasteiger partial charge in [-0.05, 0) is 43.9 Å². The van der Waals surface area contributed by atoms with Gasteiger partial charge in [0.1, 0.15) is 0 Å². The molecule has 1 aromatic heterocycles. The minimum Gasteiger partial charge on any atom is -0.490 e. The largest absolute Gasteiger partial charge is 0.490 e. The molecule has 162 valence electrons. The molecule has 1 aromatic carbocycles. The zero-order chi connectivity index (χ0) is 20.1. The lowest BCUT2D eigenvalue weighted by molar-refractivity contribution is 0.0992. The van der Waals surface area contributed by atoms with E-state index in [1.54, 1.807) is 13.2 Å². The molecule has 3 atom stereocenters. The van der Waals surface area contributed by atoms with Gasteiger partial charge in [-0.1, -0.05) is 18.2 Å². The summed E-state index contributed by atoms with van der Waals surface area (Å²) in [5.74, 6) is 2.69. The van der Waals surface area contributed by atoms with Gasteiger partial charge in [0.05, 0.1) is 24.9 Å². The lowest BCUT2D eigenvalue weighted by atomic mass is 9.96. The van der Waals surface area contributed by atoms with Gasteiger partial charge in [0, 0.05) is 25.9 Å². The number of pyridine rings is 1. The number of fused-ring (bicyclic) bond motifs is 2. The Kier molecular flexibility index (Phi) is 8.15. The third-order valence-electron chi connectivity index (χ3n) is 5.27. The molecule has 7 nitrogen and oxygen atoms in total. The number of nitrogens with zero attached hydrogens (tertiary/aromatic N) is 2. The van der Waals surface area contributed by atoms with Gasteiger partial charge < -0.3 is 24.8 Å². The van der Waals surface area contributed by atoms with Crippen LogP contribution in [0.5, 0.6) is 17.4 Å². The van der Waals surface area contributed by atoms with Crippen molar-refractivity contribution in [3.05, 3.63) is 48.2 Å². The fourth-order valence-electron chi connectivity index (χ4n) is 3.84. The van der Waals surface area contributed by atoms with E-state index in [1.807, 2.05) is 43.3 Å². The molecule has 8 heteroatoms. The number of hydrogen-bond donors (Lipinski definition) is 2. The van der Waals surface area contributed by atoms with Gasteiger partial charge in [0.25, 0.3) is 0 Å². The molecule has 4 rings (SSSR count). The molecule has 2 N–H and O–H groups in total. The van der Waals surface area contributed by atoms with Crippen LogP contribution in [0, 0.1) is 0 Å². The maximum absolute atomic E-state index is 5.90. The second-order valence-electron chi connectivity index (χ2n) is 7.27. The monoisotopic (exact) mass is 524 g/mol. The Morgan fingerprint density at radius 1 is 1.20 bits per heavy atom. The van der Waals surface area contributed by atoms with Crippen molar-refractivity contribution in [2.75, 3.05) is 13.7 Å². The van der Waals surface area contributed by atoms with Crippen LogP contribution in [0.3, 0.4) is 0 Å². The minimum atomic E-state index is 0. The number of para-hydroxylation sites is 2. The molecule has 2 saturated heterocycles. The fourth-order valence-corrected chi connectivity index (χ4v) is 3.84. The van der Waals surface area contributed by atoms with Crippen molar-refractivity contribution in [2.24, 2.45) is 4.99 Å². The van der Waals surface area contributed by atoms with Crippen LogP contribution in [0.2, 0.25) is 0 Å². The van der Waals surface area contributed by atoms with E-state index < -0.39 is 0 Å². The number of halogens is 1. The number of nitrogens with one attached hydrogen (secondary N) is 2. The Balaban J connectivity index is 0.00000256. The number of ether oxygens (including phenoxy) is 3. The van der Waals surface area contributed by atoms with Gasteiger partial charge in [-0.25, -0.2) is 4.98 Å². The van der Waals surface area contributed by atoms with Crippen LogP contribution in [0.1, 0.15) is 31.7 Å². The molecular formula is C22H29IN4O3. The summed E-state index contributed by atoms with van der Waals surface area (Å²) < 4.78 is 17.4. The Labute approximate surface area is 194 Å². The molecule has 0 aliphatic carbocycles. The first-order chi connectivity index (χ1) is 14.2. The Hall–Kier alpha value is -2.07. The molecule has 0 radical (unpaired) electrons. The SMILES string of the molecule is CCOc1ccccc1Oc1ccc(CNC(=NC)NC2CC3CCC2O3)cn1.I. The second kappa shape index (κ2) is 10.8. The topological polar surface area (TPSA) is 77.0 Å². The predicted octanol–water partition coefficient (Wildman–Crippen LogP) is 3.88. The molecule has 30 heavy (non-hydrogen) atoms. The van der Waals surface area contributed by atoms with Crippen molar-refractivity contribution in [1.29, 1.82) is 0 Å². The summed E-state index contributed by atoms with van der Waals surface area (Å²) in [4.78, 5) is 8.75. The normalized spacial score (nSPS) is 22.3. The van der Waals surface area contributed by atoms with E-state index in [1.165, 1.54) is 6.42 Å². The van der Waals surface area contributed by atoms with Crippen LogP contribution in [-0.4, -0.2) is 42.8 Å². The van der Waals surface area contributed by atoms with Crippen molar-refractivity contribution in [2.45, 2.75) is 51.0 Å². The molecule has 0 spiro atoms. The van der Waals surface area contributed by atoms with Crippen LogP contribution in [0.15, 0.2) is 47.6 Å². The third-order valence-corrected chi connectivity index (χ3v) is 5.27. The lowest BCUT2D eigenvalue weighted by Gasteiger charge is -2.22. The highest BCUT2D eigenvalue weighted by Gasteiger charge is 2.41. The molecule has 2 aliphatic rings. The average Bonchev–Trinajstić information content (AvgIpc) is 3.37. The molecule has 0 amide bonds. The molecule has 2 bridgehead atoms. The minimum absolute atomic E-state index is 0. The van der Waals surface area contributed by atoms with E-state index in [2.05, 4.69) is 20.6 Å². The van der Waals surface area contributed by atoms with Crippen molar-refractivity contribution in [3.63, 3.8) is 0 Å². The molecule has 2 aliphatic heterocycles. The van der Waals surface area contributed by atoms with Gasteiger partial charge in [-0.2, -0.15) is 0 Å². The summed E-state index contributed by atoms with van der Waals surface area (Å²) in [6.07, 6.45) is 5.92. The maximum atomic E-state index is 5.90. The zero-order valence-corrected chi connectivity index (χ0v) is 19.7. The average molecular weight is 524 g/mol. The quantitative estimate of drug-likeness (QED) is 0.326. The standard InChI is InChI=1S/C22H28N4O3.HI/c1-3-27-19-6-4-5-7-20(19)29-21-11-8-15(13-24-21)14-25-22(23-2)26-17-12-16-9-10-18(17)28-16;/h4-8,11,13,16-18H,3,9-10,12,14H2,1-2H3,(H2,23,25,26);1H. The van der Waals surface area contributed by atoms with Crippen LogP contribution in [0.25, 0.3) is 0 Å². The van der Waals surface area contributed by atoms with Gasteiger partial charge >= 0.3 is 0 Å². The number of guanidine groups is 1. The van der Waals surface area contributed by atoms with E-state index in [0.29, 0.717) is 48.8 Å². The van der Waals surface area contributed by atoms with Gasteiger partial charge in [0.15, 0.2) is 17.5 Å². The van der Waals surface area contributed by atoms with E-state index in [0.717, 1.165) is 24.4 Å². The number of benzene rings is 1. The van der Waals surface area contributed by atoms with Crippen molar-refractivity contribution in [1.82, 2.24) is 15.6 Å². The Morgan fingerprint density at radius 3 is 2.67 bits per heavy atom. The highest BCUT2D eigenvalue weighted by Crippen LogP contribution is 2.34. The Bertz CT molecular complexity index is 847. The molecular weight excluding hydrogens is 495 g/mol. The fraction of sp³-hybridized carbons (Fsp3) is 0.455. The number of rotatable bonds is 7. The van der Waals surface area contributed by atoms with Crippen LogP contribution < -0.4 is 20.1 Å². The summed E-state index contributed by atoms with van der Waals surface area (Å²) in [6, 6.07) is 11.8. The van der Waals surface area contributed by atoms with Crippen molar-refractivity contribution in [3.8, 4) is 17.4 Å². The van der Waals surface area contributed by atoms with Crippen LogP contribution in [-0.2, 0) is 11.3 Å². The van der Waals surface area contributed by atoms with Crippen LogP contribution >= 0.6 is 24.0 Å². The first kappa shape index (κ1) is 22.6. The first-order valence-electron chi connectivity index (χ1n) is 10.2. The summed E-state index contributed by atoms with van der Waals surface area (Å²) in [7, 11) is 1.79. The number of aromatic nitrogens is 1. The van der Waals surface area contributed by atoms with Crippen molar-refractivity contribution < 1.29 is 14.2 Å². The zero-order valence-electron chi connectivity index (χ0n) is 17.3. The van der Waals surface area contributed by atoms with E-state index in [4.69, 9.17) is 14.2 Å². The Morgan fingerprint density at radius 2 is 2.03 bits per heavy atom. The van der Waals surface area contributed by atoms with Gasteiger partial charge in [-0.15, -0.1) is 24.0 Å². The number of hydrogen-bond acceptors (Lipinski definition) is 5. The highest BCUT2D eigenvalue weighted by molar-refractivity contribution is 14.0. The predicted molar refractivity (Wildman–Crippen MR) is 127 cm³/mol. The summed E-state index contributed by atoms with van der Waals surface area (Å²) in [5.41, 5.74) is 1.04. The summed E-state index contributed by atoms with van der Waals surface area (Å²) in [5, 5.41) is 6.83. The van der Waals surface area contributed by atoms with Crippen molar-refractivity contribution >= 4 is 29.9 Å². The smallest absolute Gasteiger partial charge is 0.219 e. The third kappa shape index (κ3) is 5.54. The summed E-state index contributed by atoms with van der Waals surface area (Å²) in [6.45, 7) is 3.16.